The van der Waals surface area contributed by atoms with Crippen LogP contribution in [0.5, 0.6) is 0 Å². The van der Waals surface area contributed by atoms with Crippen molar-refractivity contribution in [2.24, 2.45) is 0 Å². The minimum Gasteiger partial charge on any atom is -0.303 e. The number of unbranched alkanes of at least 4 members (excludes halogenated alkanes) is 20. The van der Waals surface area contributed by atoms with E-state index in [4.69, 9.17) is 0 Å². The molecule has 0 saturated heterocycles. The molecule has 0 heterocycles. The summed E-state index contributed by atoms with van der Waals surface area (Å²) in [4.78, 5) is 2.82. The quantitative estimate of drug-likeness (QED) is 0.125. The van der Waals surface area contributed by atoms with Gasteiger partial charge in [-0.3, -0.25) is 0 Å². The molecule has 0 aromatic heterocycles. The van der Waals surface area contributed by atoms with Crippen LogP contribution in [0, 0.1) is 0 Å². The van der Waals surface area contributed by atoms with Crippen LogP contribution in [0.25, 0.3) is 0 Å². The Morgan fingerprint density at radius 3 is 0.700 bits per heavy atom. The smallest absolute Gasteiger partial charge is 0.00187 e. The molecule has 0 aromatic carbocycles. The third-order valence-corrected chi connectivity index (χ3v) is 6.73. The lowest BCUT2D eigenvalue weighted by molar-refractivity contribution is 0.254. The van der Waals surface area contributed by atoms with Crippen LogP contribution in [0.15, 0.2) is 0 Å². The maximum absolute atomic E-state index is 2.82. The van der Waals surface area contributed by atoms with Crippen LogP contribution >= 0.6 is 0 Å². The van der Waals surface area contributed by atoms with Crippen LogP contribution in [-0.2, 0) is 0 Å². The molecular formula is C29H61N. The van der Waals surface area contributed by atoms with Crippen molar-refractivity contribution in [1.29, 1.82) is 0 Å². The van der Waals surface area contributed by atoms with E-state index in [1.54, 1.807) is 0 Å². The van der Waals surface area contributed by atoms with E-state index in [2.05, 4.69) is 25.7 Å². The van der Waals surface area contributed by atoms with Crippen molar-refractivity contribution in [3.8, 4) is 0 Å². The molecule has 1 nitrogen and oxygen atoms in total. The second kappa shape index (κ2) is 27.0. The third kappa shape index (κ3) is 24.2. The molecule has 0 saturated carbocycles. The van der Waals surface area contributed by atoms with Crippen LogP contribution < -0.4 is 0 Å². The number of hydrogen-bond acceptors (Lipinski definition) is 1. The highest BCUT2D eigenvalue weighted by Gasteiger charge is 2.05. The monoisotopic (exact) mass is 423 g/mol. The largest absolute Gasteiger partial charge is 0.303 e. The zero-order valence-electron chi connectivity index (χ0n) is 21.8. The van der Waals surface area contributed by atoms with Gasteiger partial charge in [-0.05, 0) is 38.9 Å². The van der Waals surface area contributed by atoms with E-state index in [9.17, 15) is 0 Å². The summed E-state index contributed by atoms with van der Waals surface area (Å²) >= 11 is 0. The molecule has 0 aliphatic rings. The predicted molar refractivity (Wildman–Crippen MR) is 140 cm³/mol. The van der Waals surface area contributed by atoms with E-state index in [1.807, 2.05) is 0 Å². The van der Waals surface area contributed by atoms with Crippen molar-refractivity contribution in [3.63, 3.8) is 0 Å². The molecule has 0 amide bonds. The first-order chi connectivity index (χ1) is 14.8. The summed E-state index contributed by atoms with van der Waals surface area (Å²) in [5.41, 5.74) is 0. The molecule has 0 aliphatic carbocycles. The van der Waals surface area contributed by atoms with Crippen molar-refractivity contribution < 1.29 is 0 Å². The van der Waals surface area contributed by atoms with Crippen molar-refractivity contribution >= 4 is 0 Å². The molecule has 1 heteroatoms. The molecule has 182 valence electrons. The second-order valence-corrected chi connectivity index (χ2v) is 9.91. The molecular weight excluding hydrogens is 362 g/mol. The van der Waals surface area contributed by atoms with Gasteiger partial charge in [-0.15, -0.1) is 0 Å². The maximum atomic E-state index is 2.82. The van der Waals surface area contributed by atoms with Gasteiger partial charge in [-0.1, -0.05) is 149 Å². The summed E-state index contributed by atoms with van der Waals surface area (Å²) in [6, 6.07) is 0. The Balaban J connectivity index is 3.80. The Hall–Kier alpha value is -0.0400. The molecule has 0 spiro atoms. The molecule has 0 bridgehead atoms. The van der Waals surface area contributed by atoms with Crippen molar-refractivity contribution in [2.45, 2.75) is 168 Å². The highest BCUT2D eigenvalue weighted by Crippen LogP contribution is 2.13. The fourth-order valence-corrected chi connectivity index (χ4v) is 4.57. The summed E-state index contributed by atoms with van der Waals surface area (Å²) in [5, 5.41) is 0. The average molecular weight is 424 g/mol. The third-order valence-electron chi connectivity index (χ3n) is 6.73. The maximum Gasteiger partial charge on any atom is -0.00187 e. The van der Waals surface area contributed by atoms with Crippen molar-refractivity contribution in [2.75, 3.05) is 19.6 Å². The Kier molecular flexibility index (Phi) is 27.0. The highest BCUT2D eigenvalue weighted by atomic mass is 15.1. The van der Waals surface area contributed by atoms with Crippen molar-refractivity contribution in [3.05, 3.63) is 0 Å². The highest BCUT2D eigenvalue weighted by molar-refractivity contribution is 4.60. The molecule has 30 heavy (non-hydrogen) atoms. The molecule has 0 radical (unpaired) electrons. The molecule has 0 unspecified atom stereocenters. The molecule has 0 rings (SSSR count). The summed E-state index contributed by atoms with van der Waals surface area (Å²) < 4.78 is 0. The Morgan fingerprint density at radius 1 is 0.267 bits per heavy atom. The van der Waals surface area contributed by atoms with Gasteiger partial charge in [0.2, 0.25) is 0 Å². The van der Waals surface area contributed by atoms with E-state index in [0.29, 0.717) is 0 Å². The first kappa shape index (κ1) is 30.0. The summed E-state index contributed by atoms with van der Waals surface area (Å²) in [7, 11) is 0. The van der Waals surface area contributed by atoms with E-state index in [-0.39, 0.29) is 0 Å². The normalized spacial score (nSPS) is 11.6. The molecule has 0 aromatic rings. The second-order valence-electron chi connectivity index (χ2n) is 9.91. The topological polar surface area (TPSA) is 3.24 Å². The van der Waals surface area contributed by atoms with Gasteiger partial charge in [-0.2, -0.15) is 0 Å². The zero-order chi connectivity index (χ0) is 22.0. The number of hydrogen-bond donors (Lipinski definition) is 0. The van der Waals surface area contributed by atoms with E-state index >= 15 is 0 Å². The molecule has 0 aliphatic heterocycles. The van der Waals surface area contributed by atoms with E-state index < -0.39 is 0 Å². The van der Waals surface area contributed by atoms with Gasteiger partial charge in [-0.25, -0.2) is 0 Å². The van der Waals surface area contributed by atoms with Gasteiger partial charge in [0.05, 0.1) is 0 Å². The van der Waals surface area contributed by atoms with Crippen LogP contribution in [-0.4, -0.2) is 24.5 Å². The first-order valence-electron chi connectivity index (χ1n) is 14.6. The van der Waals surface area contributed by atoms with Gasteiger partial charge >= 0.3 is 0 Å². The number of nitrogens with zero attached hydrogens (tertiary/aromatic N) is 1. The zero-order valence-corrected chi connectivity index (χ0v) is 21.8. The van der Waals surface area contributed by atoms with Crippen LogP contribution in [0.1, 0.15) is 168 Å². The average Bonchev–Trinajstić information content (AvgIpc) is 2.76. The predicted octanol–water partition coefficient (Wildman–Crippen LogP) is 10.3. The SMILES string of the molecule is CCCCCCCCCCCN(CCCCCCCCC)CCCCCCCCC. The minimum absolute atomic E-state index is 1.36. The van der Waals surface area contributed by atoms with Crippen LogP contribution in [0.3, 0.4) is 0 Å². The van der Waals surface area contributed by atoms with Gasteiger partial charge < -0.3 is 4.90 Å². The lowest BCUT2D eigenvalue weighted by atomic mass is 10.1. The van der Waals surface area contributed by atoms with Crippen LogP contribution in [0.4, 0.5) is 0 Å². The first-order valence-corrected chi connectivity index (χ1v) is 14.6. The lowest BCUT2D eigenvalue weighted by Crippen LogP contribution is -2.27. The van der Waals surface area contributed by atoms with Crippen LogP contribution in [0.2, 0.25) is 0 Å². The molecule has 0 fully saturated rings. The lowest BCUT2D eigenvalue weighted by Gasteiger charge is -2.22. The van der Waals surface area contributed by atoms with Gasteiger partial charge in [0.25, 0.3) is 0 Å². The fraction of sp³-hybridized carbons (Fsp3) is 1.00. The fourth-order valence-electron chi connectivity index (χ4n) is 4.57. The summed E-state index contributed by atoms with van der Waals surface area (Å²) in [6.45, 7) is 11.0. The standard InChI is InChI=1S/C29H61N/c1-4-7-10-13-16-17-20-23-26-29-30(27-24-21-18-14-11-8-5-2)28-25-22-19-15-12-9-6-3/h4-29H2,1-3H3. The van der Waals surface area contributed by atoms with Gasteiger partial charge in [0, 0.05) is 0 Å². The molecule has 0 N–H and O–H groups in total. The van der Waals surface area contributed by atoms with Gasteiger partial charge in [0.1, 0.15) is 0 Å². The Bertz CT molecular complexity index is 270. The van der Waals surface area contributed by atoms with E-state index in [1.165, 1.54) is 167 Å². The Labute approximate surface area is 193 Å². The Morgan fingerprint density at radius 2 is 0.467 bits per heavy atom. The molecule has 0 atom stereocenters. The van der Waals surface area contributed by atoms with Crippen molar-refractivity contribution in [1.82, 2.24) is 4.90 Å². The summed E-state index contributed by atoms with van der Waals surface area (Å²) in [5.74, 6) is 0. The summed E-state index contributed by atoms with van der Waals surface area (Å²) in [6.07, 6.45) is 33.2. The number of rotatable bonds is 26. The van der Waals surface area contributed by atoms with Gasteiger partial charge in [0.15, 0.2) is 0 Å². The van der Waals surface area contributed by atoms with E-state index in [0.717, 1.165) is 0 Å². The minimum atomic E-state index is 1.36.